The number of aryl methyl sites for hydroxylation is 3. The summed E-state index contributed by atoms with van der Waals surface area (Å²) in [4.78, 5) is 2.26. The zero-order chi connectivity index (χ0) is 19.3. The fraction of sp³-hybridized carbons (Fsp3) is 0.450. The molecule has 0 amide bonds. The van der Waals surface area contributed by atoms with Crippen molar-refractivity contribution < 1.29 is 4.74 Å². The zero-order valence-corrected chi connectivity index (χ0v) is 17.2. The van der Waals surface area contributed by atoms with Gasteiger partial charge >= 0.3 is 0 Å². The minimum absolute atomic E-state index is 0.731. The lowest BCUT2D eigenvalue weighted by atomic mass is 10.2. The van der Waals surface area contributed by atoms with Crippen molar-refractivity contribution in [1.82, 2.24) is 24.5 Å². The zero-order valence-electron chi connectivity index (χ0n) is 16.4. The molecular formula is C20H26N6OS. The van der Waals surface area contributed by atoms with Crippen LogP contribution in [0.3, 0.4) is 0 Å². The van der Waals surface area contributed by atoms with Crippen LogP contribution in [0.5, 0.6) is 0 Å². The monoisotopic (exact) mass is 398 g/mol. The molecule has 28 heavy (non-hydrogen) atoms. The van der Waals surface area contributed by atoms with Crippen molar-refractivity contribution in [3.8, 4) is 5.69 Å². The van der Waals surface area contributed by atoms with Gasteiger partial charge in [0.2, 0.25) is 5.95 Å². The molecule has 1 saturated heterocycles. The maximum Gasteiger partial charge on any atom is 0.232 e. The van der Waals surface area contributed by atoms with Crippen molar-refractivity contribution in [3.05, 3.63) is 47.8 Å². The lowest BCUT2D eigenvalue weighted by Gasteiger charge is -2.28. The van der Waals surface area contributed by atoms with E-state index in [9.17, 15) is 0 Å². The van der Waals surface area contributed by atoms with Gasteiger partial charge in [-0.25, -0.2) is 0 Å². The van der Waals surface area contributed by atoms with Gasteiger partial charge < -0.3 is 9.64 Å². The van der Waals surface area contributed by atoms with E-state index in [0.29, 0.717) is 0 Å². The average molecular weight is 399 g/mol. The van der Waals surface area contributed by atoms with Crippen LogP contribution in [0, 0.1) is 6.92 Å². The Morgan fingerprint density at radius 1 is 1.11 bits per heavy atom. The first-order chi connectivity index (χ1) is 13.7. The van der Waals surface area contributed by atoms with Crippen molar-refractivity contribution in [2.75, 3.05) is 37.0 Å². The summed E-state index contributed by atoms with van der Waals surface area (Å²) in [5.74, 6) is 1.89. The Morgan fingerprint density at radius 3 is 2.61 bits per heavy atom. The van der Waals surface area contributed by atoms with Gasteiger partial charge in [0.15, 0.2) is 5.16 Å². The van der Waals surface area contributed by atoms with E-state index < -0.39 is 0 Å². The van der Waals surface area contributed by atoms with Gasteiger partial charge in [0.05, 0.1) is 25.1 Å². The van der Waals surface area contributed by atoms with E-state index in [2.05, 4.69) is 62.1 Å². The van der Waals surface area contributed by atoms with E-state index in [1.54, 1.807) is 11.8 Å². The van der Waals surface area contributed by atoms with Crippen LogP contribution in [0.1, 0.15) is 17.5 Å². The first-order valence-corrected chi connectivity index (χ1v) is 10.6. The third kappa shape index (κ3) is 4.39. The number of hydrogen-bond donors (Lipinski definition) is 0. The number of aromatic nitrogens is 5. The molecule has 0 atom stereocenters. The maximum atomic E-state index is 5.50. The molecule has 1 aliphatic heterocycles. The summed E-state index contributed by atoms with van der Waals surface area (Å²) in [6.07, 6.45) is 6.12. The second kappa shape index (κ2) is 8.79. The highest BCUT2D eigenvalue weighted by atomic mass is 32.2. The summed E-state index contributed by atoms with van der Waals surface area (Å²) < 4.78 is 9.53. The van der Waals surface area contributed by atoms with E-state index >= 15 is 0 Å². The fourth-order valence-electron chi connectivity index (χ4n) is 3.28. The number of ether oxygens (including phenoxy) is 1. The molecule has 0 aliphatic carbocycles. The van der Waals surface area contributed by atoms with Crippen LogP contribution in [-0.4, -0.2) is 56.6 Å². The molecule has 0 bridgehead atoms. The van der Waals surface area contributed by atoms with Gasteiger partial charge in [-0.3, -0.25) is 9.25 Å². The molecule has 0 unspecified atom stereocenters. The smallest absolute Gasteiger partial charge is 0.232 e. The Labute approximate surface area is 169 Å². The normalized spacial score (nSPS) is 14.6. The molecular weight excluding hydrogens is 372 g/mol. The molecule has 2 aromatic heterocycles. The van der Waals surface area contributed by atoms with Crippen LogP contribution in [0.15, 0.2) is 41.8 Å². The standard InChI is InChI=1S/C20H26N6OS/c1-16-5-7-18(8-6-16)26-19(25-9-11-27-12-10-25)22-23-20(26)28-13-3-4-17-14-21-24(2)15-17/h5-8,14-15H,3-4,9-13H2,1-2H3. The number of rotatable bonds is 7. The summed E-state index contributed by atoms with van der Waals surface area (Å²) >= 11 is 1.76. The Kier molecular flexibility index (Phi) is 5.97. The van der Waals surface area contributed by atoms with Gasteiger partial charge in [-0.1, -0.05) is 29.5 Å². The van der Waals surface area contributed by atoms with Crippen molar-refractivity contribution in [2.24, 2.45) is 7.05 Å². The van der Waals surface area contributed by atoms with E-state index in [1.807, 2.05) is 17.9 Å². The molecule has 3 aromatic rings. The summed E-state index contributed by atoms with van der Waals surface area (Å²) in [5.41, 5.74) is 3.62. The summed E-state index contributed by atoms with van der Waals surface area (Å²) in [5, 5.41) is 14.2. The van der Waals surface area contributed by atoms with Crippen LogP contribution < -0.4 is 4.90 Å². The molecule has 4 rings (SSSR count). The predicted molar refractivity (Wildman–Crippen MR) is 111 cm³/mol. The molecule has 3 heterocycles. The first-order valence-electron chi connectivity index (χ1n) is 9.66. The molecule has 0 N–H and O–H groups in total. The van der Waals surface area contributed by atoms with E-state index in [-0.39, 0.29) is 0 Å². The molecule has 0 saturated carbocycles. The molecule has 8 heteroatoms. The molecule has 0 radical (unpaired) electrons. The number of hydrogen-bond acceptors (Lipinski definition) is 6. The third-order valence-electron chi connectivity index (χ3n) is 4.80. The van der Waals surface area contributed by atoms with E-state index in [1.165, 1.54) is 11.1 Å². The Hall–Kier alpha value is -2.32. The van der Waals surface area contributed by atoms with Gasteiger partial charge in [0.1, 0.15) is 0 Å². The Balaban J connectivity index is 1.50. The highest BCUT2D eigenvalue weighted by Crippen LogP contribution is 2.28. The van der Waals surface area contributed by atoms with Crippen LogP contribution in [0.4, 0.5) is 5.95 Å². The summed E-state index contributed by atoms with van der Waals surface area (Å²) in [7, 11) is 1.95. The number of nitrogens with zero attached hydrogens (tertiary/aromatic N) is 6. The van der Waals surface area contributed by atoms with Crippen LogP contribution in [-0.2, 0) is 18.2 Å². The van der Waals surface area contributed by atoms with Crippen molar-refractivity contribution in [2.45, 2.75) is 24.9 Å². The van der Waals surface area contributed by atoms with Crippen molar-refractivity contribution in [1.29, 1.82) is 0 Å². The largest absolute Gasteiger partial charge is 0.378 e. The van der Waals surface area contributed by atoms with Gasteiger partial charge in [-0.2, -0.15) is 5.10 Å². The number of morpholine rings is 1. The van der Waals surface area contributed by atoms with Crippen LogP contribution >= 0.6 is 11.8 Å². The highest BCUT2D eigenvalue weighted by molar-refractivity contribution is 7.99. The summed E-state index contributed by atoms with van der Waals surface area (Å²) in [6.45, 7) is 5.25. The number of thioether (sulfide) groups is 1. The Bertz CT molecular complexity index is 898. The minimum atomic E-state index is 0.731. The summed E-state index contributed by atoms with van der Waals surface area (Å²) in [6, 6.07) is 8.55. The number of benzene rings is 1. The Morgan fingerprint density at radius 2 is 1.89 bits per heavy atom. The quantitative estimate of drug-likeness (QED) is 0.451. The molecule has 1 fully saturated rings. The molecule has 148 valence electrons. The average Bonchev–Trinajstić information content (AvgIpc) is 3.33. The van der Waals surface area contributed by atoms with Gasteiger partial charge in [-0.15, -0.1) is 10.2 Å². The molecule has 1 aliphatic rings. The van der Waals surface area contributed by atoms with Gasteiger partial charge in [0, 0.05) is 32.1 Å². The topological polar surface area (TPSA) is 61.0 Å². The van der Waals surface area contributed by atoms with E-state index in [0.717, 1.165) is 61.7 Å². The van der Waals surface area contributed by atoms with E-state index in [4.69, 9.17) is 4.74 Å². The van der Waals surface area contributed by atoms with Crippen LogP contribution in [0.2, 0.25) is 0 Å². The highest BCUT2D eigenvalue weighted by Gasteiger charge is 2.21. The van der Waals surface area contributed by atoms with Crippen LogP contribution in [0.25, 0.3) is 5.69 Å². The lowest BCUT2D eigenvalue weighted by Crippen LogP contribution is -2.37. The SMILES string of the molecule is Cc1ccc(-n2c(SCCCc3cnn(C)c3)nnc2N2CCOCC2)cc1. The second-order valence-electron chi connectivity index (χ2n) is 7.03. The molecule has 7 nitrogen and oxygen atoms in total. The first kappa shape index (κ1) is 19.0. The number of anilines is 1. The maximum absolute atomic E-state index is 5.50. The van der Waals surface area contributed by atoms with Crippen molar-refractivity contribution in [3.63, 3.8) is 0 Å². The minimum Gasteiger partial charge on any atom is -0.378 e. The fourth-order valence-corrected chi connectivity index (χ4v) is 4.17. The lowest BCUT2D eigenvalue weighted by molar-refractivity contribution is 0.122. The third-order valence-corrected chi connectivity index (χ3v) is 5.82. The molecule has 0 spiro atoms. The van der Waals surface area contributed by atoms with Gasteiger partial charge in [0.25, 0.3) is 0 Å². The van der Waals surface area contributed by atoms with Gasteiger partial charge in [-0.05, 0) is 37.5 Å². The predicted octanol–water partition coefficient (Wildman–Crippen LogP) is 2.87. The second-order valence-corrected chi connectivity index (χ2v) is 8.09. The van der Waals surface area contributed by atoms with Crippen molar-refractivity contribution >= 4 is 17.7 Å². The molecule has 1 aromatic carbocycles.